The fourth-order valence-corrected chi connectivity index (χ4v) is 2.82. The lowest BCUT2D eigenvalue weighted by atomic mass is 10.1. The highest BCUT2D eigenvalue weighted by atomic mass is 32.2. The molecular weight excluding hydrogens is 395 g/mol. The molecule has 0 atom stereocenters. The van der Waals surface area contributed by atoms with Gasteiger partial charge < -0.3 is 10.2 Å². The Hall–Kier alpha value is -3.28. The molecule has 3 aromatic rings. The van der Waals surface area contributed by atoms with Crippen molar-refractivity contribution in [1.82, 2.24) is 4.73 Å². The van der Waals surface area contributed by atoms with E-state index in [1.54, 1.807) is 0 Å². The molecule has 0 radical (unpaired) electrons. The Morgan fingerprint density at radius 3 is 1.59 bits per heavy atom. The number of alkyl halides is 3. The third-order valence-corrected chi connectivity index (χ3v) is 4.49. The number of aromatic hydroxyl groups is 2. The summed E-state index contributed by atoms with van der Waals surface area (Å²) in [5.74, 6) is -0.925. The first-order chi connectivity index (χ1) is 12.4. The van der Waals surface area contributed by atoms with Crippen molar-refractivity contribution in [2.24, 2.45) is 0 Å². The summed E-state index contributed by atoms with van der Waals surface area (Å²) in [5.41, 5.74) is -8.99. The third kappa shape index (κ3) is 3.03. The molecule has 142 valence electrons. The van der Waals surface area contributed by atoms with Crippen molar-refractivity contribution in [2.75, 3.05) is 0 Å². The predicted molar refractivity (Wildman–Crippen MR) is 86.9 cm³/mol. The van der Waals surface area contributed by atoms with Gasteiger partial charge in [-0.1, -0.05) is 4.73 Å². The summed E-state index contributed by atoms with van der Waals surface area (Å²) in [6.07, 6.45) is 0. The van der Waals surface area contributed by atoms with Crippen molar-refractivity contribution in [2.45, 2.75) is 5.51 Å². The SMILES string of the molecule is O=c1c2cc(O)ccc2c2ccc(O)cc2c(=O)n1OS(=O)(=O)C(F)(F)F. The van der Waals surface area contributed by atoms with Crippen LogP contribution in [0, 0.1) is 0 Å². The number of rotatable bonds is 2. The lowest BCUT2D eigenvalue weighted by Gasteiger charge is -2.08. The minimum atomic E-state index is -6.35. The summed E-state index contributed by atoms with van der Waals surface area (Å²) >= 11 is 0. The second kappa shape index (κ2) is 5.87. The first-order valence-electron chi connectivity index (χ1n) is 6.98. The topological polar surface area (TPSA) is 123 Å². The summed E-state index contributed by atoms with van der Waals surface area (Å²) in [4.78, 5) is 25.1. The maximum absolute atomic E-state index is 12.6. The highest BCUT2D eigenvalue weighted by molar-refractivity contribution is 7.87. The summed E-state index contributed by atoms with van der Waals surface area (Å²) in [7, 11) is -6.35. The predicted octanol–water partition coefficient (Wildman–Crippen LogP) is 1.20. The van der Waals surface area contributed by atoms with Crippen LogP contribution in [0.1, 0.15) is 0 Å². The van der Waals surface area contributed by atoms with Gasteiger partial charge in [0.2, 0.25) is 0 Å². The number of benzene rings is 2. The van der Waals surface area contributed by atoms with Crippen LogP contribution in [0.3, 0.4) is 0 Å². The number of aromatic nitrogens is 1. The van der Waals surface area contributed by atoms with E-state index in [1.165, 1.54) is 12.1 Å². The maximum atomic E-state index is 12.6. The fraction of sp³-hybridized carbons (Fsp3) is 0.0667. The van der Waals surface area contributed by atoms with Crippen LogP contribution in [0.25, 0.3) is 21.5 Å². The molecule has 8 nitrogen and oxygen atoms in total. The minimum Gasteiger partial charge on any atom is -0.508 e. The molecule has 12 heteroatoms. The summed E-state index contributed by atoms with van der Waals surface area (Å²) in [5, 5.41) is 18.2. The Balaban J connectivity index is 2.58. The zero-order valence-electron chi connectivity index (χ0n) is 12.9. The summed E-state index contributed by atoms with van der Waals surface area (Å²) in [6.45, 7) is 0. The van der Waals surface area contributed by atoms with Gasteiger partial charge in [0.1, 0.15) is 11.5 Å². The molecule has 0 aliphatic heterocycles. The molecule has 2 aromatic carbocycles. The van der Waals surface area contributed by atoms with E-state index in [-0.39, 0.29) is 10.8 Å². The molecule has 0 spiro atoms. The molecule has 3 rings (SSSR count). The molecule has 2 N–H and O–H groups in total. The second-order valence-electron chi connectivity index (χ2n) is 5.34. The van der Waals surface area contributed by atoms with Crippen molar-refractivity contribution in [1.29, 1.82) is 0 Å². The lowest BCUT2D eigenvalue weighted by molar-refractivity contribution is -0.0551. The van der Waals surface area contributed by atoms with Gasteiger partial charge in [-0.05, 0) is 47.2 Å². The third-order valence-electron chi connectivity index (χ3n) is 3.58. The van der Waals surface area contributed by atoms with Gasteiger partial charge in [-0.2, -0.15) is 21.6 Å². The van der Waals surface area contributed by atoms with Crippen LogP contribution in [0.2, 0.25) is 0 Å². The monoisotopic (exact) mass is 403 g/mol. The standard InChI is InChI=1S/C15H8F3NO7S/c16-15(17,18)27(24,25)26-19-13(22)11-5-7(20)1-3-9(11)10-4-2-8(21)6-12(10)14(19)23/h1-6,20-21H. The smallest absolute Gasteiger partial charge is 0.508 e. The molecule has 27 heavy (non-hydrogen) atoms. The zero-order chi connectivity index (χ0) is 20.1. The largest absolute Gasteiger partial charge is 0.536 e. The van der Waals surface area contributed by atoms with E-state index in [1.807, 2.05) is 0 Å². The van der Waals surface area contributed by atoms with Crippen molar-refractivity contribution < 1.29 is 36.1 Å². The van der Waals surface area contributed by atoms with Crippen molar-refractivity contribution in [3.63, 3.8) is 0 Å². The van der Waals surface area contributed by atoms with Crippen LogP contribution in [-0.2, 0) is 10.1 Å². The Labute approximate surface area is 147 Å². The van der Waals surface area contributed by atoms with E-state index in [2.05, 4.69) is 4.28 Å². The fourth-order valence-electron chi connectivity index (χ4n) is 2.41. The van der Waals surface area contributed by atoms with Crippen LogP contribution in [0.4, 0.5) is 13.2 Å². The lowest BCUT2D eigenvalue weighted by Crippen LogP contribution is -2.43. The first-order valence-corrected chi connectivity index (χ1v) is 8.39. The number of nitrogens with zero attached hydrogens (tertiary/aromatic N) is 1. The Kier molecular flexibility index (Phi) is 4.03. The Bertz CT molecular complexity index is 1240. The van der Waals surface area contributed by atoms with Gasteiger partial charge in [-0.25, -0.2) is 0 Å². The van der Waals surface area contributed by atoms with Crippen LogP contribution >= 0.6 is 0 Å². The first kappa shape index (κ1) is 18.5. The molecule has 0 fully saturated rings. The maximum Gasteiger partial charge on any atom is 0.536 e. The molecule has 0 amide bonds. The van der Waals surface area contributed by atoms with Crippen LogP contribution in [-0.4, -0.2) is 28.9 Å². The second-order valence-corrected chi connectivity index (χ2v) is 6.86. The van der Waals surface area contributed by atoms with E-state index < -0.39 is 53.7 Å². The average Bonchev–Trinajstić information content (AvgIpc) is 2.64. The van der Waals surface area contributed by atoms with Crippen molar-refractivity contribution >= 4 is 31.7 Å². The van der Waals surface area contributed by atoms with Gasteiger partial charge in [0.15, 0.2) is 0 Å². The zero-order valence-corrected chi connectivity index (χ0v) is 13.7. The number of hydrogen-bond acceptors (Lipinski definition) is 7. The highest BCUT2D eigenvalue weighted by Crippen LogP contribution is 2.26. The van der Waals surface area contributed by atoms with Gasteiger partial charge in [0.25, 0.3) is 11.1 Å². The Morgan fingerprint density at radius 2 is 1.22 bits per heavy atom. The summed E-state index contributed by atoms with van der Waals surface area (Å²) in [6, 6.07) is 6.38. The van der Waals surface area contributed by atoms with E-state index in [9.17, 15) is 41.4 Å². The van der Waals surface area contributed by atoms with Gasteiger partial charge >= 0.3 is 15.6 Å². The normalized spacial score (nSPS) is 12.4. The van der Waals surface area contributed by atoms with Crippen LogP contribution in [0.5, 0.6) is 11.5 Å². The van der Waals surface area contributed by atoms with Crippen molar-refractivity contribution in [3.8, 4) is 11.5 Å². The molecule has 0 unspecified atom stereocenters. The van der Waals surface area contributed by atoms with Crippen molar-refractivity contribution in [3.05, 3.63) is 57.1 Å². The van der Waals surface area contributed by atoms with E-state index in [4.69, 9.17) is 0 Å². The van der Waals surface area contributed by atoms with Gasteiger partial charge in [-0.15, -0.1) is 0 Å². The Morgan fingerprint density at radius 1 is 0.815 bits per heavy atom. The van der Waals surface area contributed by atoms with E-state index in [0.717, 1.165) is 24.3 Å². The molecule has 0 aliphatic rings. The molecular formula is C15H8F3NO7S. The molecule has 0 bridgehead atoms. The molecule has 0 saturated carbocycles. The average molecular weight is 403 g/mol. The molecule has 0 aliphatic carbocycles. The number of phenols is 2. The van der Waals surface area contributed by atoms with Gasteiger partial charge in [0, 0.05) is 0 Å². The van der Waals surface area contributed by atoms with E-state index in [0.29, 0.717) is 0 Å². The molecule has 1 heterocycles. The highest BCUT2D eigenvalue weighted by Gasteiger charge is 2.49. The number of hydrogen-bond donors (Lipinski definition) is 2. The van der Waals surface area contributed by atoms with Gasteiger partial charge in [0.05, 0.1) is 10.8 Å². The minimum absolute atomic E-state index is 0.0108. The summed E-state index contributed by atoms with van der Waals surface area (Å²) < 4.78 is 63.6. The van der Waals surface area contributed by atoms with Crippen LogP contribution in [0.15, 0.2) is 46.0 Å². The number of fused-ring (bicyclic) bond motifs is 3. The number of halogens is 3. The van der Waals surface area contributed by atoms with E-state index >= 15 is 0 Å². The van der Waals surface area contributed by atoms with Crippen LogP contribution < -0.4 is 15.4 Å². The quantitative estimate of drug-likeness (QED) is 0.617. The van der Waals surface area contributed by atoms with Gasteiger partial charge in [-0.3, -0.25) is 13.9 Å². The molecule has 1 aromatic heterocycles. The molecule has 0 saturated heterocycles. The number of phenolic OH excluding ortho intramolecular Hbond substituents is 2.